The monoisotopic (exact) mass is 248 g/mol. The molecule has 100 valence electrons. The third-order valence-corrected chi connectivity index (χ3v) is 3.09. The number of hydrogen-bond acceptors (Lipinski definition) is 2. The maximum atomic E-state index is 11.9. The molecule has 0 fully saturated rings. The molecule has 1 aromatic rings. The quantitative estimate of drug-likeness (QED) is 0.779. The van der Waals surface area contributed by atoms with Crippen molar-refractivity contribution >= 4 is 11.6 Å². The van der Waals surface area contributed by atoms with Crippen molar-refractivity contribution in [3.05, 3.63) is 29.8 Å². The highest BCUT2D eigenvalue weighted by atomic mass is 16.1. The summed E-state index contributed by atoms with van der Waals surface area (Å²) in [4.78, 5) is 11.9. The number of carbonyl (C=O) groups excluding carboxylic acids is 1. The van der Waals surface area contributed by atoms with Crippen molar-refractivity contribution < 1.29 is 4.79 Å². The van der Waals surface area contributed by atoms with Crippen LogP contribution in [0.1, 0.15) is 38.7 Å². The number of nitrogens with one attached hydrogen (secondary N) is 1. The van der Waals surface area contributed by atoms with E-state index in [2.05, 4.69) is 12.2 Å². The van der Waals surface area contributed by atoms with Crippen LogP contribution in [0.2, 0.25) is 0 Å². The lowest BCUT2D eigenvalue weighted by molar-refractivity contribution is -0.119. The Kier molecular flexibility index (Phi) is 6.44. The van der Waals surface area contributed by atoms with Crippen LogP contribution in [-0.4, -0.2) is 12.5 Å². The summed E-state index contributed by atoms with van der Waals surface area (Å²) in [6.07, 6.45) is 4.06. The number of anilines is 1. The maximum absolute atomic E-state index is 11.9. The van der Waals surface area contributed by atoms with Crippen LogP contribution >= 0.6 is 0 Å². The standard InChI is InChI=1S/C15H24N2O/c1-3-4-5-12(2)15(18)17-14-8-6-13(7-9-14)10-11-16/h6-9,12H,3-5,10-11,16H2,1-2H3,(H,17,18). The molecule has 1 atom stereocenters. The van der Waals surface area contributed by atoms with Crippen LogP contribution in [0.15, 0.2) is 24.3 Å². The molecule has 3 nitrogen and oxygen atoms in total. The largest absolute Gasteiger partial charge is 0.330 e. The van der Waals surface area contributed by atoms with Gasteiger partial charge in [0.15, 0.2) is 0 Å². The van der Waals surface area contributed by atoms with Crippen LogP contribution in [0.5, 0.6) is 0 Å². The zero-order valence-corrected chi connectivity index (χ0v) is 11.4. The van der Waals surface area contributed by atoms with Crippen molar-refractivity contribution in [1.29, 1.82) is 0 Å². The topological polar surface area (TPSA) is 55.1 Å². The van der Waals surface area contributed by atoms with Crippen molar-refractivity contribution in [3.8, 4) is 0 Å². The normalized spacial score (nSPS) is 12.2. The molecule has 0 aliphatic carbocycles. The minimum absolute atomic E-state index is 0.0775. The lowest BCUT2D eigenvalue weighted by Gasteiger charge is -2.12. The van der Waals surface area contributed by atoms with E-state index in [1.54, 1.807) is 0 Å². The summed E-state index contributed by atoms with van der Waals surface area (Å²) in [6.45, 7) is 4.77. The third kappa shape index (κ3) is 4.88. The van der Waals surface area contributed by atoms with Crippen LogP contribution in [0.25, 0.3) is 0 Å². The van der Waals surface area contributed by atoms with Gasteiger partial charge >= 0.3 is 0 Å². The molecule has 18 heavy (non-hydrogen) atoms. The minimum atomic E-state index is 0.0775. The highest BCUT2D eigenvalue weighted by Crippen LogP contribution is 2.14. The van der Waals surface area contributed by atoms with Crippen molar-refractivity contribution in [3.63, 3.8) is 0 Å². The number of unbranched alkanes of at least 4 members (excludes halogenated alkanes) is 1. The first-order valence-corrected chi connectivity index (χ1v) is 6.77. The second-order valence-electron chi connectivity index (χ2n) is 4.77. The molecule has 0 saturated carbocycles. The van der Waals surface area contributed by atoms with Crippen molar-refractivity contribution in [2.24, 2.45) is 11.7 Å². The van der Waals surface area contributed by atoms with Gasteiger partial charge in [-0.25, -0.2) is 0 Å². The van der Waals surface area contributed by atoms with E-state index >= 15 is 0 Å². The SMILES string of the molecule is CCCCC(C)C(=O)Nc1ccc(CCN)cc1. The Morgan fingerprint density at radius 2 is 2.00 bits per heavy atom. The van der Waals surface area contributed by atoms with E-state index in [4.69, 9.17) is 5.73 Å². The molecule has 0 spiro atoms. The smallest absolute Gasteiger partial charge is 0.227 e. The molecule has 1 rings (SSSR count). The van der Waals surface area contributed by atoms with E-state index in [-0.39, 0.29) is 11.8 Å². The summed E-state index contributed by atoms with van der Waals surface area (Å²) in [5, 5.41) is 2.95. The lowest BCUT2D eigenvalue weighted by Crippen LogP contribution is -2.20. The van der Waals surface area contributed by atoms with Gasteiger partial charge in [-0.2, -0.15) is 0 Å². The van der Waals surface area contributed by atoms with E-state index in [9.17, 15) is 4.79 Å². The molecular formula is C15H24N2O. The second-order valence-corrected chi connectivity index (χ2v) is 4.77. The first-order valence-electron chi connectivity index (χ1n) is 6.77. The first kappa shape index (κ1) is 14.7. The summed E-state index contributed by atoms with van der Waals surface area (Å²) in [5.74, 6) is 0.184. The second kappa shape index (κ2) is 7.88. The molecule has 3 N–H and O–H groups in total. The minimum Gasteiger partial charge on any atom is -0.330 e. The molecule has 0 aliphatic heterocycles. The predicted molar refractivity (Wildman–Crippen MR) is 76.5 cm³/mol. The Bertz CT molecular complexity index is 359. The Balaban J connectivity index is 2.48. The van der Waals surface area contributed by atoms with E-state index in [0.717, 1.165) is 31.4 Å². The summed E-state index contributed by atoms with van der Waals surface area (Å²) in [7, 11) is 0. The van der Waals surface area contributed by atoms with Crippen molar-refractivity contribution in [1.82, 2.24) is 0 Å². The molecule has 0 bridgehead atoms. The Morgan fingerprint density at radius 1 is 1.33 bits per heavy atom. The summed E-state index contributed by atoms with van der Waals surface area (Å²) in [5.41, 5.74) is 7.56. The van der Waals surface area contributed by atoms with Gasteiger partial charge in [0, 0.05) is 11.6 Å². The van der Waals surface area contributed by atoms with Crippen LogP contribution in [0.3, 0.4) is 0 Å². The number of rotatable bonds is 7. The van der Waals surface area contributed by atoms with Crippen LogP contribution < -0.4 is 11.1 Å². The fourth-order valence-electron chi connectivity index (χ4n) is 1.83. The van der Waals surface area contributed by atoms with Gasteiger partial charge in [0.1, 0.15) is 0 Å². The number of carbonyl (C=O) groups is 1. The molecule has 0 aromatic heterocycles. The Morgan fingerprint density at radius 3 is 2.56 bits per heavy atom. The van der Waals surface area contributed by atoms with Gasteiger partial charge in [0.25, 0.3) is 0 Å². The zero-order valence-electron chi connectivity index (χ0n) is 11.4. The van der Waals surface area contributed by atoms with E-state index in [1.807, 2.05) is 31.2 Å². The van der Waals surface area contributed by atoms with Crippen molar-refractivity contribution in [2.75, 3.05) is 11.9 Å². The molecule has 1 aromatic carbocycles. The fourth-order valence-corrected chi connectivity index (χ4v) is 1.83. The van der Waals surface area contributed by atoms with E-state index < -0.39 is 0 Å². The number of amides is 1. The van der Waals surface area contributed by atoms with Crippen LogP contribution in [0.4, 0.5) is 5.69 Å². The highest BCUT2D eigenvalue weighted by molar-refractivity contribution is 5.92. The zero-order chi connectivity index (χ0) is 13.4. The van der Waals surface area contributed by atoms with Gasteiger partial charge in [-0.15, -0.1) is 0 Å². The van der Waals surface area contributed by atoms with E-state index in [1.165, 1.54) is 5.56 Å². The van der Waals surface area contributed by atoms with Gasteiger partial charge in [0.2, 0.25) is 5.91 Å². The Hall–Kier alpha value is -1.35. The maximum Gasteiger partial charge on any atom is 0.227 e. The number of nitrogens with two attached hydrogens (primary N) is 1. The summed E-state index contributed by atoms with van der Waals surface area (Å²) < 4.78 is 0. The van der Waals surface area contributed by atoms with Gasteiger partial charge in [-0.1, -0.05) is 38.8 Å². The summed E-state index contributed by atoms with van der Waals surface area (Å²) >= 11 is 0. The molecule has 1 amide bonds. The molecule has 1 unspecified atom stereocenters. The third-order valence-electron chi connectivity index (χ3n) is 3.09. The molecular weight excluding hydrogens is 224 g/mol. The molecule has 0 heterocycles. The molecule has 0 aliphatic rings. The van der Waals surface area contributed by atoms with Gasteiger partial charge < -0.3 is 11.1 Å². The number of hydrogen-bond donors (Lipinski definition) is 2. The van der Waals surface area contributed by atoms with Crippen LogP contribution in [0, 0.1) is 5.92 Å². The average Bonchev–Trinajstić information content (AvgIpc) is 2.38. The molecule has 3 heteroatoms. The van der Waals surface area contributed by atoms with Gasteiger partial charge in [-0.3, -0.25) is 4.79 Å². The Labute approximate surface area is 110 Å². The van der Waals surface area contributed by atoms with E-state index in [0.29, 0.717) is 6.54 Å². The lowest BCUT2D eigenvalue weighted by atomic mass is 10.0. The first-order chi connectivity index (χ1) is 8.67. The van der Waals surface area contributed by atoms with Crippen molar-refractivity contribution in [2.45, 2.75) is 39.5 Å². The number of benzene rings is 1. The van der Waals surface area contributed by atoms with Crippen LogP contribution in [-0.2, 0) is 11.2 Å². The summed E-state index contributed by atoms with van der Waals surface area (Å²) in [6, 6.07) is 7.91. The predicted octanol–water partition coefficient (Wildman–Crippen LogP) is 2.95. The average molecular weight is 248 g/mol. The van der Waals surface area contributed by atoms with Gasteiger partial charge in [0.05, 0.1) is 0 Å². The molecule has 0 saturated heterocycles. The fraction of sp³-hybridized carbons (Fsp3) is 0.533. The van der Waals surface area contributed by atoms with Gasteiger partial charge in [-0.05, 0) is 37.1 Å². The molecule has 0 radical (unpaired) electrons. The highest BCUT2D eigenvalue weighted by Gasteiger charge is 2.11.